The van der Waals surface area contributed by atoms with Crippen molar-refractivity contribution >= 4 is 17.4 Å². The first-order chi connectivity index (χ1) is 12.2. The van der Waals surface area contributed by atoms with Crippen LogP contribution in [0.15, 0.2) is 17.5 Å². The number of carbonyl (C=O) groups excluding carboxylic acids is 1. The minimum Gasteiger partial charge on any atom is -0.336 e. The second-order valence-corrected chi connectivity index (χ2v) is 8.34. The van der Waals surface area contributed by atoms with Crippen LogP contribution in [0.5, 0.6) is 0 Å². The molecule has 3 rings (SSSR count). The Morgan fingerprint density at radius 1 is 1.24 bits per heavy atom. The third-order valence-electron chi connectivity index (χ3n) is 5.68. The minimum absolute atomic E-state index is 0.0997. The van der Waals surface area contributed by atoms with Crippen molar-refractivity contribution in [3.63, 3.8) is 0 Å². The number of rotatable bonds is 5. The molecule has 2 aliphatic heterocycles. The van der Waals surface area contributed by atoms with Gasteiger partial charge in [-0.15, -0.1) is 11.3 Å². The summed E-state index contributed by atoms with van der Waals surface area (Å²) in [6, 6.07) is 4.74. The minimum atomic E-state index is 0.0997. The summed E-state index contributed by atoms with van der Waals surface area (Å²) in [5.41, 5.74) is 0. The monoisotopic (exact) mass is 364 g/mol. The molecule has 1 aromatic rings. The summed E-state index contributed by atoms with van der Waals surface area (Å²) in [5, 5.41) is 5.36. The lowest BCUT2D eigenvalue weighted by atomic mass is 9.97. The lowest BCUT2D eigenvalue weighted by Crippen LogP contribution is -2.52. The summed E-state index contributed by atoms with van der Waals surface area (Å²) in [7, 11) is 0. The molecule has 140 valence electrons. The molecular weight excluding hydrogens is 332 g/mol. The summed E-state index contributed by atoms with van der Waals surface area (Å²) in [5.74, 6) is 0.824. The normalized spacial score (nSPS) is 22.1. The smallest absolute Gasteiger partial charge is 0.317 e. The first-order valence-electron chi connectivity index (χ1n) is 9.70. The van der Waals surface area contributed by atoms with Crippen LogP contribution in [0, 0.1) is 5.92 Å². The van der Waals surface area contributed by atoms with Crippen LogP contribution in [-0.2, 0) is 0 Å². The SMILES string of the molecule is CCN1CCN(C(=O)NCC(c2cccs2)N2CCC(C)CC2)CC1. The molecule has 0 spiro atoms. The van der Waals surface area contributed by atoms with Gasteiger partial charge in [-0.05, 0) is 49.8 Å². The van der Waals surface area contributed by atoms with Gasteiger partial charge in [0.25, 0.3) is 0 Å². The Morgan fingerprint density at radius 2 is 1.96 bits per heavy atom. The zero-order valence-corrected chi connectivity index (χ0v) is 16.4. The van der Waals surface area contributed by atoms with Crippen LogP contribution < -0.4 is 5.32 Å². The van der Waals surface area contributed by atoms with Crippen LogP contribution in [0.25, 0.3) is 0 Å². The molecule has 2 amide bonds. The number of hydrogen-bond donors (Lipinski definition) is 1. The van der Waals surface area contributed by atoms with E-state index < -0.39 is 0 Å². The van der Waals surface area contributed by atoms with Crippen molar-refractivity contribution in [2.45, 2.75) is 32.7 Å². The fraction of sp³-hybridized carbons (Fsp3) is 0.737. The van der Waals surface area contributed by atoms with Crippen LogP contribution in [0.2, 0.25) is 0 Å². The maximum atomic E-state index is 12.6. The molecular formula is C19H32N4OS. The van der Waals surface area contributed by atoms with Gasteiger partial charge in [0.15, 0.2) is 0 Å². The average Bonchev–Trinajstić information content (AvgIpc) is 3.17. The van der Waals surface area contributed by atoms with Gasteiger partial charge in [-0.25, -0.2) is 4.79 Å². The van der Waals surface area contributed by atoms with Crippen LogP contribution in [0.3, 0.4) is 0 Å². The molecule has 2 saturated heterocycles. The second kappa shape index (κ2) is 9.01. The Balaban J connectivity index is 1.55. The summed E-state index contributed by atoms with van der Waals surface area (Å²) >= 11 is 1.80. The summed E-state index contributed by atoms with van der Waals surface area (Å²) in [6.45, 7) is 12.2. The van der Waals surface area contributed by atoms with Gasteiger partial charge >= 0.3 is 6.03 Å². The molecule has 1 unspecified atom stereocenters. The number of nitrogens with zero attached hydrogens (tertiary/aromatic N) is 3. The predicted molar refractivity (Wildman–Crippen MR) is 104 cm³/mol. The summed E-state index contributed by atoms with van der Waals surface area (Å²) in [6.07, 6.45) is 2.52. The summed E-state index contributed by atoms with van der Waals surface area (Å²) < 4.78 is 0. The fourth-order valence-electron chi connectivity index (χ4n) is 3.79. The Labute approximate surface area is 156 Å². The standard InChI is InChI=1S/C19H32N4OS/c1-3-21-10-12-23(13-11-21)19(24)20-15-17(18-5-4-14-25-18)22-8-6-16(2)7-9-22/h4-5,14,16-17H,3,6-13,15H2,1-2H3,(H,20,24). The van der Waals surface area contributed by atoms with E-state index in [1.54, 1.807) is 11.3 Å². The van der Waals surface area contributed by atoms with Crippen molar-refractivity contribution in [1.82, 2.24) is 20.0 Å². The molecule has 0 saturated carbocycles. The van der Waals surface area contributed by atoms with Crippen molar-refractivity contribution in [3.05, 3.63) is 22.4 Å². The average molecular weight is 365 g/mol. The number of urea groups is 1. The van der Waals surface area contributed by atoms with Crippen molar-refractivity contribution in [1.29, 1.82) is 0 Å². The maximum absolute atomic E-state index is 12.6. The van der Waals surface area contributed by atoms with Gasteiger partial charge in [-0.2, -0.15) is 0 Å². The van der Waals surface area contributed by atoms with Gasteiger partial charge in [0.1, 0.15) is 0 Å². The quantitative estimate of drug-likeness (QED) is 0.873. The third-order valence-corrected chi connectivity index (χ3v) is 6.66. The van der Waals surface area contributed by atoms with E-state index in [2.05, 4.69) is 46.5 Å². The van der Waals surface area contributed by atoms with E-state index in [4.69, 9.17) is 0 Å². The van der Waals surface area contributed by atoms with Gasteiger partial charge in [-0.1, -0.05) is 19.9 Å². The Hall–Kier alpha value is -1.11. The number of likely N-dealkylation sites (N-methyl/N-ethyl adjacent to an activating group) is 1. The Morgan fingerprint density at radius 3 is 2.56 bits per heavy atom. The number of carbonyl (C=O) groups is 1. The molecule has 25 heavy (non-hydrogen) atoms. The number of nitrogens with one attached hydrogen (secondary N) is 1. The molecule has 0 radical (unpaired) electrons. The summed E-state index contributed by atoms with van der Waals surface area (Å²) in [4.78, 5) is 20.9. The third kappa shape index (κ3) is 4.96. The highest BCUT2D eigenvalue weighted by atomic mass is 32.1. The molecule has 2 aliphatic rings. The predicted octanol–water partition coefficient (Wildman–Crippen LogP) is 2.87. The van der Waals surface area contributed by atoms with Crippen LogP contribution in [0.4, 0.5) is 4.79 Å². The molecule has 6 heteroatoms. The van der Waals surface area contributed by atoms with E-state index in [0.29, 0.717) is 12.6 Å². The van der Waals surface area contributed by atoms with Crippen LogP contribution in [-0.4, -0.2) is 73.1 Å². The van der Waals surface area contributed by atoms with E-state index in [1.165, 1.54) is 17.7 Å². The number of piperazine rings is 1. The number of hydrogen-bond acceptors (Lipinski definition) is 4. The maximum Gasteiger partial charge on any atom is 0.317 e. The highest BCUT2D eigenvalue weighted by Gasteiger charge is 2.27. The molecule has 3 heterocycles. The molecule has 1 atom stereocenters. The van der Waals surface area contributed by atoms with Gasteiger partial charge in [0, 0.05) is 37.6 Å². The zero-order valence-electron chi connectivity index (χ0n) is 15.6. The fourth-order valence-corrected chi connectivity index (χ4v) is 4.65. The topological polar surface area (TPSA) is 38.8 Å². The number of thiophene rings is 1. The lowest BCUT2D eigenvalue weighted by molar-refractivity contribution is 0.126. The number of piperidine rings is 1. The van der Waals surface area contributed by atoms with Crippen LogP contribution >= 0.6 is 11.3 Å². The number of amides is 2. The molecule has 0 bridgehead atoms. The van der Waals surface area contributed by atoms with E-state index in [9.17, 15) is 4.79 Å². The molecule has 2 fully saturated rings. The van der Waals surface area contributed by atoms with Crippen molar-refractivity contribution in [2.24, 2.45) is 5.92 Å². The molecule has 1 N–H and O–H groups in total. The van der Waals surface area contributed by atoms with Gasteiger partial charge in [-0.3, -0.25) is 4.90 Å². The number of likely N-dealkylation sites (tertiary alicyclic amines) is 1. The first kappa shape index (κ1) is 18.7. The first-order valence-corrected chi connectivity index (χ1v) is 10.6. The molecule has 5 nitrogen and oxygen atoms in total. The molecule has 0 aromatic carbocycles. The van der Waals surface area contributed by atoms with Gasteiger partial charge in [0.05, 0.1) is 6.04 Å². The highest BCUT2D eigenvalue weighted by Crippen LogP contribution is 2.29. The largest absolute Gasteiger partial charge is 0.336 e. The second-order valence-electron chi connectivity index (χ2n) is 7.36. The van der Waals surface area contributed by atoms with E-state index in [1.807, 2.05) is 4.90 Å². The van der Waals surface area contributed by atoms with Gasteiger partial charge in [0.2, 0.25) is 0 Å². The van der Waals surface area contributed by atoms with Crippen LogP contribution in [0.1, 0.15) is 37.6 Å². The van der Waals surface area contributed by atoms with Crippen molar-refractivity contribution < 1.29 is 4.79 Å². The van der Waals surface area contributed by atoms with E-state index in [-0.39, 0.29) is 6.03 Å². The van der Waals surface area contributed by atoms with E-state index >= 15 is 0 Å². The Kier molecular flexibility index (Phi) is 6.73. The lowest BCUT2D eigenvalue weighted by Gasteiger charge is -2.37. The molecule has 0 aliphatic carbocycles. The van der Waals surface area contributed by atoms with Gasteiger partial charge < -0.3 is 15.1 Å². The highest BCUT2D eigenvalue weighted by molar-refractivity contribution is 7.10. The molecule has 1 aromatic heterocycles. The van der Waals surface area contributed by atoms with E-state index in [0.717, 1.165) is 51.7 Å². The van der Waals surface area contributed by atoms with Crippen molar-refractivity contribution in [2.75, 3.05) is 52.4 Å². The Bertz CT molecular complexity index is 520. The van der Waals surface area contributed by atoms with Crippen molar-refractivity contribution in [3.8, 4) is 0 Å². The zero-order chi connectivity index (χ0) is 17.6.